The lowest BCUT2D eigenvalue weighted by atomic mass is 9.82. The minimum atomic E-state index is -0.0882. The Hall–Kier alpha value is -5.40. The summed E-state index contributed by atoms with van der Waals surface area (Å²) < 4.78 is 17.7. The highest BCUT2D eigenvalue weighted by molar-refractivity contribution is 5.93. The fourth-order valence-electron chi connectivity index (χ4n) is 6.72. The summed E-state index contributed by atoms with van der Waals surface area (Å²) in [7, 11) is 0. The molecule has 0 fully saturated rings. The van der Waals surface area contributed by atoms with E-state index in [9.17, 15) is 0 Å². The van der Waals surface area contributed by atoms with Crippen LogP contribution in [0.15, 0.2) is 152 Å². The topological polar surface area (TPSA) is 3.24 Å². The molecule has 0 aliphatic heterocycles. The molecule has 1 aliphatic rings. The van der Waals surface area contributed by atoms with Crippen molar-refractivity contribution < 1.29 is 2.74 Å². The highest BCUT2D eigenvalue weighted by Gasteiger charge is 2.35. The SMILES string of the molecule is [2H]/C(=C(/[2H])c1ccc2cc(N(c3ccccc3)c3ccc4c(c3)C(C)(C)c3ccccc3-4)ccc2c1)c1ccc2ccccc2c1. The van der Waals surface area contributed by atoms with Crippen molar-refractivity contribution in [2.45, 2.75) is 19.3 Å². The summed E-state index contributed by atoms with van der Waals surface area (Å²) in [5.74, 6) is 0. The summed E-state index contributed by atoms with van der Waals surface area (Å²) in [6.07, 6.45) is 0. The molecule has 1 heteroatoms. The average Bonchev–Trinajstić information content (AvgIpc) is 3.33. The third kappa shape index (κ3) is 4.49. The number of hydrogen-bond donors (Lipinski definition) is 0. The van der Waals surface area contributed by atoms with Crippen molar-refractivity contribution in [1.82, 2.24) is 0 Å². The number of benzene rings is 7. The standard InChI is InChI=1S/C43H33N/c1-43(2)41-15-9-8-14-39(41)40-25-24-38(29-42(40)43)44(36-12-4-3-5-13-36)37-23-22-34-27-31(19-21-35(34)28-37)17-16-30-18-20-32-10-6-7-11-33(32)26-30/h3-29H,1-2H3/b17-16+/i16D,17D. The Kier molecular flexibility index (Phi) is 5.69. The molecule has 0 unspecified atom stereocenters. The van der Waals surface area contributed by atoms with E-state index in [0.29, 0.717) is 0 Å². The van der Waals surface area contributed by atoms with Crippen molar-refractivity contribution in [3.8, 4) is 11.1 Å². The molecule has 1 aliphatic carbocycles. The molecule has 1 nitrogen and oxygen atoms in total. The minimum Gasteiger partial charge on any atom is -0.310 e. The van der Waals surface area contributed by atoms with Crippen molar-refractivity contribution in [2.75, 3.05) is 4.90 Å². The zero-order chi connectivity index (χ0) is 31.4. The van der Waals surface area contributed by atoms with E-state index < -0.39 is 0 Å². The monoisotopic (exact) mass is 565 g/mol. The van der Waals surface area contributed by atoms with Crippen molar-refractivity contribution in [1.29, 1.82) is 0 Å². The zero-order valence-electron chi connectivity index (χ0n) is 26.9. The van der Waals surface area contributed by atoms with Gasteiger partial charge in [-0.2, -0.15) is 0 Å². The van der Waals surface area contributed by atoms with Crippen molar-refractivity contribution in [3.05, 3.63) is 174 Å². The van der Waals surface area contributed by atoms with E-state index in [1.807, 2.05) is 48.5 Å². The van der Waals surface area contributed by atoms with Gasteiger partial charge in [0.15, 0.2) is 0 Å². The van der Waals surface area contributed by atoms with Gasteiger partial charge in [0.2, 0.25) is 0 Å². The third-order valence-corrected chi connectivity index (χ3v) is 9.02. The molecule has 0 saturated heterocycles. The highest BCUT2D eigenvalue weighted by atomic mass is 15.1. The molecule has 0 atom stereocenters. The van der Waals surface area contributed by atoms with Gasteiger partial charge in [-0.25, -0.2) is 0 Å². The maximum absolute atomic E-state index is 8.90. The molecule has 7 aromatic rings. The first-order chi connectivity index (χ1) is 22.4. The lowest BCUT2D eigenvalue weighted by Crippen LogP contribution is -2.16. The van der Waals surface area contributed by atoms with Gasteiger partial charge in [0.1, 0.15) is 0 Å². The Balaban J connectivity index is 1.19. The average molecular weight is 566 g/mol. The van der Waals surface area contributed by atoms with E-state index in [1.165, 1.54) is 22.3 Å². The molecular weight excluding hydrogens is 530 g/mol. The first kappa shape index (κ1) is 24.1. The molecule has 0 N–H and O–H groups in total. The number of nitrogens with zero attached hydrogens (tertiary/aromatic N) is 1. The molecule has 0 spiro atoms. The van der Waals surface area contributed by atoms with Gasteiger partial charge in [0.05, 0.1) is 2.74 Å². The van der Waals surface area contributed by atoms with Crippen LogP contribution in [0.4, 0.5) is 17.1 Å². The first-order valence-corrected chi connectivity index (χ1v) is 15.2. The van der Waals surface area contributed by atoms with Gasteiger partial charge in [0, 0.05) is 22.5 Å². The highest BCUT2D eigenvalue weighted by Crippen LogP contribution is 2.50. The second-order valence-electron chi connectivity index (χ2n) is 12.1. The van der Waals surface area contributed by atoms with Crippen LogP contribution in [0.3, 0.4) is 0 Å². The summed E-state index contributed by atoms with van der Waals surface area (Å²) in [6.45, 7) is 4.64. The Bertz CT molecular complexity index is 2320. The van der Waals surface area contributed by atoms with Crippen LogP contribution >= 0.6 is 0 Å². The predicted molar refractivity (Wildman–Crippen MR) is 189 cm³/mol. The number of hydrogen-bond acceptors (Lipinski definition) is 1. The quantitative estimate of drug-likeness (QED) is 0.188. The fourth-order valence-corrected chi connectivity index (χ4v) is 6.72. The molecule has 0 radical (unpaired) electrons. The van der Waals surface area contributed by atoms with Crippen LogP contribution in [0.5, 0.6) is 0 Å². The first-order valence-electron chi connectivity index (χ1n) is 16.2. The summed E-state index contributed by atoms with van der Waals surface area (Å²) in [5.41, 5.74) is 10.0. The third-order valence-electron chi connectivity index (χ3n) is 9.02. The van der Waals surface area contributed by atoms with Crippen LogP contribution in [0.25, 0.3) is 44.8 Å². The Morgan fingerprint density at radius 3 is 1.80 bits per heavy atom. The Morgan fingerprint density at radius 2 is 1.00 bits per heavy atom. The predicted octanol–water partition coefficient (Wildman–Crippen LogP) is 11.9. The summed E-state index contributed by atoms with van der Waals surface area (Å²) >= 11 is 0. The van der Waals surface area contributed by atoms with E-state index in [1.54, 1.807) is 0 Å². The molecular formula is C43H33N. The number of rotatable bonds is 5. The zero-order valence-corrected chi connectivity index (χ0v) is 24.9. The van der Waals surface area contributed by atoms with Crippen LogP contribution < -0.4 is 4.90 Å². The Morgan fingerprint density at radius 1 is 0.455 bits per heavy atom. The van der Waals surface area contributed by atoms with E-state index in [0.717, 1.165) is 49.7 Å². The van der Waals surface area contributed by atoms with Crippen LogP contribution in [-0.2, 0) is 5.41 Å². The van der Waals surface area contributed by atoms with Gasteiger partial charge < -0.3 is 4.90 Å². The van der Waals surface area contributed by atoms with E-state index in [-0.39, 0.29) is 17.5 Å². The Labute approximate surface area is 262 Å². The lowest BCUT2D eigenvalue weighted by Gasteiger charge is -2.28. The summed E-state index contributed by atoms with van der Waals surface area (Å²) in [4.78, 5) is 2.32. The second kappa shape index (κ2) is 10.4. The maximum atomic E-state index is 8.90. The maximum Gasteiger partial charge on any atom is 0.0629 e. The molecule has 0 amide bonds. The van der Waals surface area contributed by atoms with E-state index in [4.69, 9.17) is 2.74 Å². The van der Waals surface area contributed by atoms with E-state index >= 15 is 0 Å². The van der Waals surface area contributed by atoms with Crippen LogP contribution in [0.2, 0.25) is 0 Å². The summed E-state index contributed by atoms with van der Waals surface area (Å²) in [6, 6.07) is 53.2. The van der Waals surface area contributed by atoms with E-state index in [2.05, 4.69) is 122 Å². The van der Waals surface area contributed by atoms with Gasteiger partial charge in [-0.15, -0.1) is 0 Å². The molecule has 210 valence electrons. The molecule has 0 heterocycles. The second-order valence-corrected chi connectivity index (χ2v) is 12.1. The van der Waals surface area contributed by atoms with Crippen molar-refractivity contribution in [2.24, 2.45) is 0 Å². The molecule has 7 aromatic carbocycles. The molecule has 0 saturated carbocycles. The van der Waals surface area contributed by atoms with Gasteiger partial charge in [-0.05, 0) is 103 Å². The largest absolute Gasteiger partial charge is 0.310 e. The summed E-state index contributed by atoms with van der Waals surface area (Å²) in [5, 5.41) is 4.32. The van der Waals surface area contributed by atoms with Crippen LogP contribution in [0.1, 0.15) is 38.8 Å². The normalized spacial score (nSPS) is 14.4. The van der Waals surface area contributed by atoms with Gasteiger partial charge in [-0.3, -0.25) is 0 Å². The molecule has 0 bridgehead atoms. The number of anilines is 3. The van der Waals surface area contributed by atoms with Crippen LogP contribution in [-0.4, -0.2) is 0 Å². The van der Waals surface area contributed by atoms with Crippen molar-refractivity contribution >= 4 is 50.7 Å². The fraction of sp³-hybridized carbons (Fsp3) is 0.0698. The lowest BCUT2D eigenvalue weighted by molar-refractivity contribution is 0.660. The number of para-hydroxylation sites is 1. The minimum absolute atomic E-state index is 0.0882. The molecule has 0 aromatic heterocycles. The smallest absolute Gasteiger partial charge is 0.0629 e. The molecule has 8 rings (SSSR count). The molecule has 44 heavy (non-hydrogen) atoms. The van der Waals surface area contributed by atoms with Gasteiger partial charge in [0.25, 0.3) is 0 Å². The number of fused-ring (bicyclic) bond motifs is 5. The van der Waals surface area contributed by atoms with Gasteiger partial charge in [-0.1, -0.05) is 129 Å². The van der Waals surface area contributed by atoms with Crippen molar-refractivity contribution in [3.63, 3.8) is 0 Å². The van der Waals surface area contributed by atoms with Gasteiger partial charge >= 0.3 is 0 Å². The van der Waals surface area contributed by atoms with Crippen LogP contribution in [0, 0.1) is 0 Å².